The van der Waals surface area contributed by atoms with Crippen molar-refractivity contribution in [1.29, 1.82) is 0 Å². The zero-order valence-corrected chi connectivity index (χ0v) is 23.5. The van der Waals surface area contributed by atoms with Gasteiger partial charge in [0.05, 0.1) is 39.4 Å². The molecule has 0 radical (unpaired) electrons. The number of hydrogen-bond donors (Lipinski definition) is 5. The lowest BCUT2D eigenvalue weighted by atomic mass is 9.83. The summed E-state index contributed by atoms with van der Waals surface area (Å²) in [6.07, 6.45) is 2.77. The molecule has 5 N–H and O–H groups in total. The molecule has 6 rings (SSSR count). The van der Waals surface area contributed by atoms with Gasteiger partial charge in [-0.3, -0.25) is 4.98 Å². The molecule has 4 atom stereocenters. The molecule has 1 unspecified atom stereocenters. The Morgan fingerprint density at radius 2 is 1.73 bits per heavy atom. The van der Waals surface area contributed by atoms with Crippen LogP contribution in [-0.4, -0.2) is 59.1 Å². The summed E-state index contributed by atoms with van der Waals surface area (Å²) in [6.45, 7) is 3.49. The fourth-order valence-corrected chi connectivity index (χ4v) is 7.32. The van der Waals surface area contributed by atoms with E-state index < -0.39 is 41.4 Å². The number of thiazole rings is 1. The lowest BCUT2D eigenvalue weighted by Gasteiger charge is -2.32. The van der Waals surface area contributed by atoms with E-state index in [-0.39, 0.29) is 18.1 Å². The van der Waals surface area contributed by atoms with Gasteiger partial charge in [-0.1, -0.05) is 18.9 Å². The van der Waals surface area contributed by atoms with Crippen LogP contribution < -0.4 is 10.6 Å². The van der Waals surface area contributed by atoms with Gasteiger partial charge in [0, 0.05) is 24.2 Å². The normalized spacial score (nSPS) is 23.8. The molecule has 4 aromatic rings. The van der Waals surface area contributed by atoms with Crippen LogP contribution in [0.4, 0.5) is 20.5 Å². The van der Waals surface area contributed by atoms with Gasteiger partial charge < -0.3 is 26.0 Å². The lowest BCUT2D eigenvalue weighted by molar-refractivity contribution is -0.0763. The summed E-state index contributed by atoms with van der Waals surface area (Å²) in [6, 6.07) is 4.96. The number of halogens is 2. The molecule has 2 fully saturated rings. The maximum Gasteiger partial charge on any atom is 0.225 e. The second-order valence-corrected chi connectivity index (χ2v) is 12.1. The number of aliphatic hydroxyl groups is 3. The number of aliphatic hydroxyl groups excluding tert-OH is 2. The molecule has 2 saturated carbocycles. The second-order valence-electron chi connectivity index (χ2n) is 11.1. The summed E-state index contributed by atoms with van der Waals surface area (Å²) >= 11 is 1.45. The van der Waals surface area contributed by atoms with E-state index in [4.69, 9.17) is 4.98 Å². The Balaban J connectivity index is 1.37. The Morgan fingerprint density at radius 1 is 1.00 bits per heavy atom. The van der Waals surface area contributed by atoms with E-state index in [1.165, 1.54) is 29.5 Å². The molecule has 0 bridgehead atoms. The molecule has 2 aliphatic rings. The van der Waals surface area contributed by atoms with Crippen LogP contribution in [0.15, 0.2) is 30.5 Å². The van der Waals surface area contributed by atoms with Crippen LogP contribution in [0.25, 0.3) is 20.8 Å². The molecule has 2 aliphatic carbocycles. The van der Waals surface area contributed by atoms with Crippen LogP contribution in [0.3, 0.4) is 0 Å². The van der Waals surface area contributed by atoms with Gasteiger partial charge in [0.2, 0.25) is 5.95 Å². The SMILES string of the molecule is Cc1nc(NCc2c(F)cccc2F)nc(NC2C[C@H](C3(O)CCCC3)[C@@H](O)[C@H]2O)c1-c1nc2c(C)nccc2s1. The molecule has 0 amide bonds. The maximum atomic E-state index is 14.3. The molecule has 3 heterocycles. The van der Waals surface area contributed by atoms with Crippen LogP contribution in [0.5, 0.6) is 0 Å². The second kappa shape index (κ2) is 10.8. The highest BCUT2D eigenvalue weighted by Gasteiger charge is 2.52. The third-order valence-corrected chi connectivity index (χ3v) is 9.48. The summed E-state index contributed by atoms with van der Waals surface area (Å²) in [5, 5.41) is 40.0. The predicted molar refractivity (Wildman–Crippen MR) is 153 cm³/mol. The van der Waals surface area contributed by atoms with Gasteiger partial charge in [-0.25, -0.2) is 18.7 Å². The fourth-order valence-electron chi connectivity index (χ4n) is 6.21. The number of rotatable bonds is 7. The first kappa shape index (κ1) is 27.8. The first-order valence-corrected chi connectivity index (χ1v) is 14.6. The molecular weight excluding hydrogens is 550 g/mol. The molecule has 0 aliphatic heterocycles. The van der Waals surface area contributed by atoms with Crippen LogP contribution in [0, 0.1) is 31.4 Å². The Bertz CT molecular complexity index is 1570. The molecule has 3 aromatic heterocycles. The summed E-state index contributed by atoms with van der Waals surface area (Å²) < 4.78 is 29.5. The average molecular weight is 583 g/mol. The van der Waals surface area contributed by atoms with Crippen LogP contribution in [0.2, 0.25) is 0 Å². The van der Waals surface area contributed by atoms with Gasteiger partial charge in [-0.2, -0.15) is 4.98 Å². The molecule has 41 heavy (non-hydrogen) atoms. The smallest absolute Gasteiger partial charge is 0.225 e. The highest BCUT2D eigenvalue weighted by Crippen LogP contribution is 2.45. The summed E-state index contributed by atoms with van der Waals surface area (Å²) in [4.78, 5) is 18.4. The number of benzene rings is 1. The van der Waals surface area contributed by atoms with Crippen molar-refractivity contribution in [2.24, 2.45) is 5.92 Å². The van der Waals surface area contributed by atoms with E-state index in [0.29, 0.717) is 41.3 Å². The number of aromatic nitrogens is 4. The number of hydrogen-bond acceptors (Lipinski definition) is 10. The van der Waals surface area contributed by atoms with E-state index in [0.717, 1.165) is 28.8 Å². The van der Waals surface area contributed by atoms with E-state index >= 15 is 0 Å². The Kier molecular flexibility index (Phi) is 7.35. The Hall–Kier alpha value is -3.32. The van der Waals surface area contributed by atoms with Crippen molar-refractivity contribution in [3.8, 4) is 10.6 Å². The van der Waals surface area contributed by atoms with Crippen molar-refractivity contribution in [3.63, 3.8) is 0 Å². The molecule has 9 nitrogen and oxygen atoms in total. The molecular formula is C29H32F2N6O3S. The summed E-state index contributed by atoms with van der Waals surface area (Å²) in [7, 11) is 0. The van der Waals surface area contributed by atoms with Crippen molar-refractivity contribution in [1.82, 2.24) is 19.9 Å². The Labute approximate surface area is 239 Å². The molecule has 0 spiro atoms. The minimum atomic E-state index is -1.14. The van der Waals surface area contributed by atoms with E-state index in [2.05, 4.69) is 25.6 Å². The number of nitrogens with one attached hydrogen (secondary N) is 2. The first-order chi connectivity index (χ1) is 19.6. The quantitative estimate of drug-likeness (QED) is 0.214. The Morgan fingerprint density at radius 3 is 2.44 bits per heavy atom. The standard InChI is InChI=1S/C29H32F2N6O3S/c1-14-22(27-36-23-15(2)32-11-8-21(23)41-27)26(37-28(34-14)33-13-16-18(30)6-5-7-19(16)31)35-20-12-17(24(38)25(20)39)29(40)9-3-4-10-29/h5-8,11,17,20,24-25,38-40H,3-4,9-10,12-13H2,1-2H3,(H2,33,34,35,37)/t17-,20?,24+,25-/m0/s1. The predicted octanol–water partition coefficient (Wildman–Crippen LogP) is 4.48. The number of pyridine rings is 1. The van der Waals surface area contributed by atoms with Gasteiger partial charge in [-0.15, -0.1) is 11.3 Å². The average Bonchev–Trinajstić information content (AvgIpc) is 3.64. The van der Waals surface area contributed by atoms with E-state index in [9.17, 15) is 24.1 Å². The van der Waals surface area contributed by atoms with Crippen molar-refractivity contribution >= 4 is 33.3 Å². The van der Waals surface area contributed by atoms with E-state index in [1.807, 2.05) is 13.0 Å². The molecule has 0 saturated heterocycles. The number of fused-ring (bicyclic) bond motifs is 1. The van der Waals surface area contributed by atoms with Crippen molar-refractivity contribution in [2.75, 3.05) is 10.6 Å². The maximum absolute atomic E-state index is 14.3. The third kappa shape index (κ3) is 5.14. The zero-order valence-electron chi connectivity index (χ0n) is 22.7. The molecule has 216 valence electrons. The minimum Gasteiger partial charge on any atom is -0.390 e. The summed E-state index contributed by atoms with van der Waals surface area (Å²) in [5.74, 6) is -1.35. The number of aryl methyl sites for hydroxylation is 2. The van der Waals surface area contributed by atoms with Crippen molar-refractivity contribution in [2.45, 2.75) is 76.3 Å². The lowest BCUT2D eigenvalue weighted by Crippen LogP contribution is -2.42. The third-order valence-electron chi connectivity index (χ3n) is 8.44. The van der Waals surface area contributed by atoms with Gasteiger partial charge in [-0.05, 0) is 51.3 Å². The van der Waals surface area contributed by atoms with Crippen LogP contribution in [0.1, 0.15) is 49.1 Å². The van der Waals surface area contributed by atoms with Crippen molar-refractivity contribution in [3.05, 3.63) is 59.0 Å². The fraction of sp³-hybridized carbons (Fsp3) is 0.448. The van der Waals surface area contributed by atoms with Gasteiger partial charge >= 0.3 is 0 Å². The van der Waals surface area contributed by atoms with Crippen LogP contribution >= 0.6 is 11.3 Å². The molecule has 12 heteroatoms. The summed E-state index contributed by atoms with van der Waals surface area (Å²) in [5.41, 5.74) is 1.55. The number of nitrogens with zero attached hydrogens (tertiary/aromatic N) is 4. The first-order valence-electron chi connectivity index (χ1n) is 13.8. The minimum absolute atomic E-state index is 0.134. The van der Waals surface area contributed by atoms with Crippen LogP contribution in [-0.2, 0) is 6.54 Å². The van der Waals surface area contributed by atoms with E-state index in [1.54, 1.807) is 13.1 Å². The zero-order chi connectivity index (χ0) is 28.9. The number of anilines is 2. The van der Waals surface area contributed by atoms with Gasteiger partial charge in [0.1, 0.15) is 34.1 Å². The topological polar surface area (TPSA) is 136 Å². The highest BCUT2D eigenvalue weighted by atomic mass is 32.1. The monoisotopic (exact) mass is 582 g/mol. The van der Waals surface area contributed by atoms with Gasteiger partial charge in [0.25, 0.3) is 0 Å². The van der Waals surface area contributed by atoms with Crippen molar-refractivity contribution < 1.29 is 24.1 Å². The highest BCUT2D eigenvalue weighted by molar-refractivity contribution is 7.21. The largest absolute Gasteiger partial charge is 0.390 e. The molecule has 1 aromatic carbocycles. The van der Waals surface area contributed by atoms with Gasteiger partial charge in [0.15, 0.2) is 0 Å².